The van der Waals surface area contributed by atoms with Gasteiger partial charge in [0.05, 0.1) is 12.2 Å². The predicted octanol–water partition coefficient (Wildman–Crippen LogP) is 4.17. The molecule has 0 radical (unpaired) electrons. The number of esters is 1. The molecule has 1 aromatic heterocycles. The molecule has 0 atom stereocenters. The van der Waals surface area contributed by atoms with Crippen LogP contribution in [0, 0.1) is 0 Å². The third kappa shape index (κ3) is 6.72. The van der Waals surface area contributed by atoms with E-state index in [1.807, 2.05) is 53.4 Å². The smallest absolute Gasteiger partial charge is 0.339 e. The standard InChI is InChI=1S/C27H29N3O5/c1-2-33-27(32)21-9-14-25(28-19-21)29-15-6-16-30(18-17-29)26(31)20-34-22-10-12-24(13-11-22)35-23-7-4-3-5-8-23/h3-5,7-14,19H,2,6,15-18,20H2,1H3. The minimum absolute atomic E-state index is 0.0224. The van der Waals surface area contributed by atoms with Crippen molar-refractivity contribution < 1.29 is 23.8 Å². The first kappa shape index (κ1) is 24.1. The third-order valence-corrected chi connectivity index (χ3v) is 5.60. The van der Waals surface area contributed by atoms with Crippen molar-refractivity contribution in [1.29, 1.82) is 0 Å². The number of rotatable bonds is 8. The number of carbonyl (C=O) groups is 2. The molecule has 1 aliphatic rings. The summed E-state index contributed by atoms with van der Waals surface area (Å²) in [5.74, 6) is 2.42. The second kappa shape index (κ2) is 11.9. The van der Waals surface area contributed by atoms with Gasteiger partial charge in [0.2, 0.25) is 0 Å². The molecule has 4 rings (SSSR count). The van der Waals surface area contributed by atoms with Crippen LogP contribution in [-0.2, 0) is 9.53 Å². The van der Waals surface area contributed by atoms with Crippen molar-refractivity contribution in [2.24, 2.45) is 0 Å². The van der Waals surface area contributed by atoms with Crippen LogP contribution in [0.25, 0.3) is 0 Å². The molecule has 3 aromatic rings. The number of ether oxygens (including phenoxy) is 3. The van der Waals surface area contributed by atoms with Crippen LogP contribution in [0.3, 0.4) is 0 Å². The zero-order chi connectivity index (χ0) is 24.5. The first-order chi connectivity index (χ1) is 17.1. The van der Waals surface area contributed by atoms with Crippen molar-refractivity contribution in [2.75, 3.05) is 44.3 Å². The zero-order valence-corrected chi connectivity index (χ0v) is 19.8. The first-order valence-electron chi connectivity index (χ1n) is 11.7. The average Bonchev–Trinajstić information content (AvgIpc) is 3.15. The normalized spacial score (nSPS) is 13.6. The number of benzene rings is 2. The summed E-state index contributed by atoms with van der Waals surface area (Å²) < 4.78 is 16.5. The Hall–Kier alpha value is -4.07. The van der Waals surface area contributed by atoms with E-state index in [9.17, 15) is 9.59 Å². The molecule has 2 aromatic carbocycles. The molecule has 8 heteroatoms. The maximum absolute atomic E-state index is 12.7. The lowest BCUT2D eigenvalue weighted by atomic mass is 10.2. The molecule has 8 nitrogen and oxygen atoms in total. The van der Waals surface area contributed by atoms with Gasteiger partial charge in [-0.3, -0.25) is 4.79 Å². The highest BCUT2D eigenvalue weighted by molar-refractivity contribution is 5.89. The highest BCUT2D eigenvalue weighted by Gasteiger charge is 2.20. The van der Waals surface area contributed by atoms with E-state index in [0.717, 1.165) is 24.5 Å². The summed E-state index contributed by atoms with van der Waals surface area (Å²) in [7, 11) is 0. The Balaban J connectivity index is 1.25. The monoisotopic (exact) mass is 475 g/mol. The van der Waals surface area contributed by atoms with E-state index in [4.69, 9.17) is 14.2 Å². The largest absolute Gasteiger partial charge is 0.484 e. The molecule has 0 unspecified atom stereocenters. The number of pyridine rings is 1. The fourth-order valence-electron chi connectivity index (χ4n) is 3.77. The lowest BCUT2D eigenvalue weighted by Crippen LogP contribution is -2.38. The molecule has 1 amide bonds. The molecule has 35 heavy (non-hydrogen) atoms. The van der Waals surface area contributed by atoms with Crippen LogP contribution in [0.15, 0.2) is 72.9 Å². The van der Waals surface area contributed by atoms with Gasteiger partial charge in [-0.25, -0.2) is 9.78 Å². The van der Waals surface area contributed by atoms with Crippen molar-refractivity contribution in [3.8, 4) is 17.2 Å². The van der Waals surface area contributed by atoms with Gasteiger partial charge in [-0.05, 0) is 61.9 Å². The van der Waals surface area contributed by atoms with Crippen molar-refractivity contribution in [1.82, 2.24) is 9.88 Å². The summed E-state index contributed by atoms with van der Waals surface area (Å²) >= 11 is 0. The van der Waals surface area contributed by atoms with E-state index in [2.05, 4.69) is 9.88 Å². The Morgan fingerprint density at radius 2 is 1.60 bits per heavy atom. The molecule has 0 aliphatic carbocycles. The number of anilines is 1. The molecule has 0 saturated carbocycles. The SMILES string of the molecule is CCOC(=O)c1ccc(N2CCCN(C(=O)COc3ccc(Oc4ccccc4)cc3)CC2)nc1. The number of hydrogen-bond donors (Lipinski definition) is 0. The van der Waals surface area contributed by atoms with Gasteiger partial charge in [0.25, 0.3) is 5.91 Å². The Kier molecular flexibility index (Phi) is 8.17. The quantitative estimate of drug-likeness (QED) is 0.452. The van der Waals surface area contributed by atoms with Gasteiger partial charge in [-0.2, -0.15) is 0 Å². The summed E-state index contributed by atoms with van der Waals surface area (Å²) in [6.07, 6.45) is 2.35. The van der Waals surface area contributed by atoms with E-state index < -0.39 is 0 Å². The summed E-state index contributed by atoms with van der Waals surface area (Å²) in [4.78, 5) is 32.9. The Morgan fingerprint density at radius 1 is 0.857 bits per heavy atom. The zero-order valence-electron chi connectivity index (χ0n) is 19.8. The molecular formula is C27H29N3O5. The lowest BCUT2D eigenvalue weighted by Gasteiger charge is -2.23. The molecule has 0 bridgehead atoms. The van der Waals surface area contributed by atoms with Gasteiger partial charge in [-0.15, -0.1) is 0 Å². The second-order valence-corrected chi connectivity index (χ2v) is 8.02. The molecule has 1 saturated heterocycles. The van der Waals surface area contributed by atoms with Gasteiger partial charge >= 0.3 is 5.97 Å². The van der Waals surface area contributed by atoms with Crippen molar-refractivity contribution in [3.05, 3.63) is 78.5 Å². The van der Waals surface area contributed by atoms with Crippen LogP contribution in [0.4, 0.5) is 5.82 Å². The number of hydrogen-bond acceptors (Lipinski definition) is 7. The van der Waals surface area contributed by atoms with Crippen molar-refractivity contribution >= 4 is 17.7 Å². The highest BCUT2D eigenvalue weighted by Crippen LogP contribution is 2.23. The van der Waals surface area contributed by atoms with Gasteiger partial charge in [0.15, 0.2) is 6.61 Å². The Labute approximate surface area is 205 Å². The molecular weight excluding hydrogens is 446 g/mol. The number of para-hydroxylation sites is 1. The van der Waals surface area contributed by atoms with Crippen LogP contribution < -0.4 is 14.4 Å². The van der Waals surface area contributed by atoms with Crippen LogP contribution in [0.5, 0.6) is 17.2 Å². The van der Waals surface area contributed by atoms with E-state index >= 15 is 0 Å². The fourth-order valence-corrected chi connectivity index (χ4v) is 3.77. The summed E-state index contributed by atoms with van der Waals surface area (Å²) in [6.45, 7) is 4.74. The van der Waals surface area contributed by atoms with E-state index in [1.54, 1.807) is 25.1 Å². The topological polar surface area (TPSA) is 81.2 Å². The number of carbonyl (C=O) groups excluding carboxylic acids is 2. The number of amides is 1. The average molecular weight is 476 g/mol. The van der Waals surface area contributed by atoms with Crippen molar-refractivity contribution in [2.45, 2.75) is 13.3 Å². The molecule has 1 fully saturated rings. The van der Waals surface area contributed by atoms with Gasteiger partial charge in [-0.1, -0.05) is 18.2 Å². The first-order valence-corrected chi connectivity index (χ1v) is 11.7. The fraction of sp³-hybridized carbons (Fsp3) is 0.296. The van der Waals surface area contributed by atoms with E-state index in [1.165, 1.54) is 6.20 Å². The predicted molar refractivity (Wildman–Crippen MR) is 132 cm³/mol. The highest BCUT2D eigenvalue weighted by atomic mass is 16.5. The summed E-state index contributed by atoms with van der Waals surface area (Å²) in [5.41, 5.74) is 0.430. The van der Waals surface area contributed by atoms with E-state index in [0.29, 0.717) is 43.3 Å². The third-order valence-electron chi connectivity index (χ3n) is 5.60. The maximum Gasteiger partial charge on any atom is 0.339 e. The Bertz CT molecular complexity index is 1100. The minimum Gasteiger partial charge on any atom is -0.484 e. The van der Waals surface area contributed by atoms with Crippen molar-refractivity contribution in [3.63, 3.8) is 0 Å². The summed E-state index contributed by atoms with van der Waals surface area (Å²) in [6, 6.07) is 20.3. The second-order valence-electron chi connectivity index (χ2n) is 8.02. The Morgan fingerprint density at radius 3 is 2.31 bits per heavy atom. The van der Waals surface area contributed by atoms with Gasteiger partial charge in [0.1, 0.15) is 23.1 Å². The van der Waals surface area contributed by atoms with Crippen LogP contribution in [0.2, 0.25) is 0 Å². The molecule has 0 N–H and O–H groups in total. The number of nitrogens with zero attached hydrogens (tertiary/aromatic N) is 3. The lowest BCUT2D eigenvalue weighted by molar-refractivity contribution is -0.133. The maximum atomic E-state index is 12.7. The molecule has 1 aliphatic heterocycles. The van der Waals surface area contributed by atoms with Gasteiger partial charge in [0, 0.05) is 32.4 Å². The molecule has 2 heterocycles. The minimum atomic E-state index is -0.377. The summed E-state index contributed by atoms with van der Waals surface area (Å²) in [5, 5.41) is 0. The number of aromatic nitrogens is 1. The van der Waals surface area contributed by atoms with Crippen LogP contribution in [0.1, 0.15) is 23.7 Å². The van der Waals surface area contributed by atoms with Crippen LogP contribution >= 0.6 is 0 Å². The van der Waals surface area contributed by atoms with Crippen LogP contribution in [-0.4, -0.2) is 61.2 Å². The molecule has 0 spiro atoms. The molecule has 182 valence electrons. The van der Waals surface area contributed by atoms with E-state index in [-0.39, 0.29) is 18.5 Å². The van der Waals surface area contributed by atoms with Gasteiger partial charge < -0.3 is 24.0 Å².